The summed E-state index contributed by atoms with van der Waals surface area (Å²) >= 11 is 0. The summed E-state index contributed by atoms with van der Waals surface area (Å²) in [6.45, 7) is 6.34. The largest absolute Gasteiger partial charge is 0.335 e. The van der Waals surface area contributed by atoms with Gasteiger partial charge in [-0.3, -0.25) is 10.4 Å². The summed E-state index contributed by atoms with van der Waals surface area (Å²) in [5, 5.41) is 3.33. The fraction of sp³-hybridized carbons (Fsp3) is 0.556. The van der Waals surface area contributed by atoms with Crippen molar-refractivity contribution in [2.75, 3.05) is 26.7 Å². The van der Waals surface area contributed by atoms with Crippen molar-refractivity contribution in [3.05, 3.63) is 64.7 Å². The fourth-order valence-corrected chi connectivity index (χ4v) is 7.15. The molecule has 186 valence electrons. The minimum absolute atomic E-state index is 0.00534. The monoisotopic (exact) mass is 478 g/mol. The molecule has 2 aromatic rings. The lowest BCUT2D eigenvalue weighted by atomic mass is 9.71. The van der Waals surface area contributed by atoms with Crippen LogP contribution in [0.1, 0.15) is 47.3 Å². The highest BCUT2D eigenvalue weighted by Crippen LogP contribution is 2.43. The van der Waals surface area contributed by atoms with Crippen LogP contribution in [0, 0.1) is 31.5 Å². The number of carbonyl (C=O) groups excluding carboxylic acids is 1. The van der Waals surface area contributed by atoms with Gasteiger partial charge < -0.3 is 15.1 Å². The zero-order valence-corrected chi connectivity index (χ0v) is 20.7. The number of aryl methyl sites for hydroxylation is 2. The third-order valence-corrected chi connectivity index (χ3v) is 8.66. The molecule has 7 nitrogen and oxygen atoms in total. The molecule has 35 heavy (non-hydrogen) atoms. The first-order valence-corrected chi connectivity index (χ1v) is 12.8. The normalized spacial score (nSPS) is 35.0. The predicted octanol–water partition coefficient (Wildman–Crippen LogP) is 2.87. The summed E-state index contributed by atoms with van der Waals surface area (Å²) in [5.74, 6) is 0.616. The molecule has 2 amide bonds. The summed E-state index contributed by atoms with van der Waals surface area (Å²) in [6.07, 6.45) is 1.95. The molecule has 8 heteroatoms. The van der Waals surface area contributed by atoms with E-state index in [0.29, 0.717) is 23.4 Å². The number of carbonyl (C=O) groups is 1. The molecule has 1 aromatic carbocycles. The summed E-state index contributed by atoms with van der Waals surface area (Å²) in [4.78, 5) is 22.1. The van der Waals surface area contributed by atoms with E-state index in [9.17, 15) is 9.18 Å². The summed E-state index contributed by atoms with van der Waals surface area (Å²) in [6, 6.07) is 12.1. The first-order valence-electron chi connectivity index (χ1n) is 12.8. The van der Waals surface area contributed by atoms with E-state index in [0.717, 1.165) is 43.9 Å². The summed E-state index contributed by atoms with van der Waals surface area (Å²) in [5.41, 5.74) is 11.1. The number of aromatic nitrogens is 1. The number of hydrazine groups is 1. The molecule has 3 aliphatic heterocycles. The van der Waals surface area contributed by atoms with Gasteiger partial charge in [-0.05, 0) is 74.9 Å². The van der Waals surface area contributed by atoms with E-state index in [1.807, 2.05) is 30.9 Å². The fourth-order valence-electron chi connectivity index (χ4n) is 7.15. The highest BCUT2D eigenvalue weighted by molar-refractivity contribution is 5.76. The summed E-state index contributed by atoms with van der Waals surface area (Å²) < 4.78 is 14.7. The number of nitrogens with one attached hydrogen (secondary N) is 3. The third-order valence-electron chi connectivity index (χ3n) is 8.66. The molecule has 4 aliphatic rings. The molecule has 4 heterocycles. The number of hydrogen-bond donors (Lipinski definition) is 3. The van der Waals surface area contributed by atoms with Gasteiger partial charge in [0.15, 0.2) is 0 Å². The molecule has 0 spiro atoms. The number of likely N-dealkylation sites (N-methyl/N-ethyl adjacent to an activating group) is 1. The Morgan fingerprint density at radius 3 is 2.54 bits per heavy atom. The molecule has 6 rings (SSSR count). The average Bonchev–Trinajstić information content (AvgIpc) is 3.40. The van der Waals surface area contributed by atoms with Crippen LogP contribution in [0.3, 0.4) is 0 Å². The van der Waals surface area contributed by atoms with E-state index >= 15 is 0 Å². The quantitative estimate of drug-likeness (QED) is 0.633. The summed E-state index contributed by atoms with van der Waals surface area (Å²) in [7, 11) is 2.06. The molecular weight excluding hydrogens is 443 g/mol. The molecule has 5 unspecified atom stereocenters. The highest BCUT2D eigenvalue weighted by Gasteiger charge is 2.50. The van der Waals surface area contributed by atoms with Crippen LogP contribution in [0.5, 0.6) is 0 Å². The number of halogens is 1. The Labute approximate surface area is 206 Å². The predicted molar refractivity (Wildman–Crippen MR) is 132 cm³/mol. The molecule has 1 saturated carbocycles. The van der Waals surface area contributed by atoms with Crippen molar-refractivity contribution in [2.24, 2.45) is 11.8 Å². The minimum atomic E-state index is -0.178. The topological polar surface area (TPSA) is 72.5 Å². The van der Waals surface area contributed by atoms with Crippen LogP contribution in [-0.2, 0) is 0 Å². The SMILES string of the molecule is Cc1cc(C2NNC3CC4NC(=O)N([C@@H]5CN(C)C[C@H]5c5ccccc5F)CC4CC32)cc(C)n1. The lowest BCUT2D eigenvalue weighted by Crippen LogP contribution is -2.63. The average molecular weight is 479 g/mol. The number of rotatable bonds is 3. The number of fused-ring (bicyclic) bond motifs is 2. The van der Waals surface area contributed by atoms with Crippen molar-refractivity contribution in [1.82, 2.24) is 31.0 Å². The van der Waals surface area contributed by atoms with Gasteiger partial charge in [0.1, 0.15) is 5.82 Å². The molecule has 0 radical (unpaired) electrons. The van der Waals surface area contributed by atoms with E-state index in [2.05, 4.69) is 45.2 Å². The zero-order valence-electron chi connectivity index (χ0n) is 20.7. The van der Waals surface area contributed by atoms with Gasteiger partial charge in [0.25, 0.3) is 0 Å². The van der Waals surface area contributed by atoms with Crippen LogP contribution < -0.4 is 16.2 Å². The molecule has 4 fully saturated rings. The van der Waals surface area contributed by atoms with Crippen LogP contribution >= 0.6 is 0 Å². The second-order valence-corrected chi connectivity index (χ2v) is 11.1. The van der Waals surface area contributed by atoms with Gasteiger partial charge in [-0.1, -0.05) is 18.2 Å². The molecule has 3 saturated heterocycles. The van der Waals surface area contributed by atoms with Crippen LogP contribution in [0.15, 0.2) is 36.4 Å². The molecule has 7 atom stereocenters. The minimum Gasteiger partial charge on any atom is -0.335 e. The number of likely N-dealkylation sites (tertiary alicyclic amines) is 1. The van der Waals surface area contributed by atoms with Gasteiger partial charge in [0, 0.05) is 49.0 Å². The Morgan fingerprint density at radius 1 is 1.00 bits per heavy atom. The highest BCUT2D eigenvalue weighted by atomic mass is 19.1. The van der Waals surface area contributed by atoms with Crippen molar-refractivity contribution in [1.29, 1.82) is 0 Å². The number of nitrogens with zero attached hydrogens (tertiary/aromatic N) is 3. The lowest BCUT2D eigenvalue weighted by molar-refractivity contribution is 0.0788. The van der Waals surface area contributed by atoms with Crippen LogP contribution in [0.25, 0.3) is 0 Å². The molecule has 1 aliphatic carbocycles. The van der Waals surface area contributed by atoms with Gasteiger partial charge in [-0.2, -0.15) is 0 Å². The third kappa shape index (κ3) is 4.11. The molecular formula is C27H35FN6O. The van der Waals surface area contributed by atoms with Crippen molar-refractivity contribution < 1.29 is 9.18 Å². The first-order chi connectivity index (χ1) is 16.9. The number of benzene rings is 1. The van der Waals surface area contributed by atoms with Gasteiger partial charge in [-0.25, -0.2) is 14.6 Å². The van der Waals surface area contributed by atoms with E-state index in [1.54, 1.807) is 6.07 Å². The maximum Gasteiger partial charge on any atom is 0.317 e. The standard InChI is InChI=1S/C27H35FN6O/c1-15-8-17(9-16(2)29-15)26-20-10-18-12-34(27(35)30-23(18)11-24(20)31-32-26)25-14-33(3)13-21(25)19-6-4-5-7-22(19)28/h4-9,18,20-21,23-26,31-32H,10-14H2,1-3H3,(H,30,35)/t18?,20?,21-,23?,24?,25+,26?/m0/s1. The molecule has 1 aromatic heterocycles. The Hall–Kier alpha value is -2.55. The van der Waals surface area contributed by atoms with Crippen LogP contribution in [0.4, 0.5) is 9.18 Å². The van der Waals surface area contributed by atoms with Crippen molar-refractivity contribution in [2.45, 2.75) is 56.8 Å². The number of pyridine rings is 1. The Morgan fingerprint density at radius 2 is 1.77 bits per heavy atom. The first kappa shape index (κ1) is 22.9. The van der Waals surface area contributed by atoms with Crippen molar-refractivity contribution in [3.8, 4) is 0 Å². The Balaban J connectivity index is 1.23. The number of hydrogen-bond acceptors (Lipinski definition) is 5. The van der Waals surface area contributed by atoms with E-state index < -0.39 is 0 Å². The van der Waals surface area contributed by atoms with Gasteiger partial charge in [-0.15, -0.1) is 0 Å². The second kappa shape index (κ2) is 8.84. The van der Waals surface area contributed by atoms with Crippen LogP contribution in [-0.4, -0.2) is 65.6 Å². The van der Waals surface area contributed by atoms with Gasteiger partial charge >= 0.3 is 6.03 Å². The zero-order chi connectivity index (χ0) is 24.3. The molecule has 3 N–H and O–H groups in total. The maximum atomic E-state index is 14.7. The van der Waals surface area contributed by atoms with Crippen LogP contribution in [0.2, 0.25) is 0 Å². The van der Waals surface area contributed by atoms with E-state index in [-0.39, 0.29) is 35.9 Å². The Kier molecular flexibility index (Phi) is 5.78. The van der Waals surface area contributed by atoms with E-state index in [4.69, 9.17) is 0 Å². The Bertz CT molecular complexity index is 1110. The van der Waals surface area contributed by atoms with E-state index in [1.165, 1.54) is 11.6 Å². The number of urea groups is 1. The molecule has 0 bridgehead atoms. The maximum absolute atomic E-state index is 14.7. The smallest absolute Gasteiger partial charge is 0.317 e. The van der Waals surface area contributed by atoms with Crippen molar-refractivity contribution >= 4 is 6.03 Å². The lowest BCUT2D eigenvalue weighted by Gasteiger charge is -2.48. The van der Waals surface area contributed by atoms with Crippen molar-refractivity contribution in [3.63, 3.8) is 0 Å². The second-order valence-electron chi connectivity index (χ2n) is 11.1. The van der Waals surface area contributed by atoms with Gasteiger partial charge in [0.05, 0.1) is 12.1 Å². The number of amides is 2. The van der Waals surface area contributed by atoms with Gasteiger partial charge in [0.2, 0.25) is 0 Å².